The van der Waals surface area contributed by atoms with Gasteiger partial charge in [0.2, 0.25) is 10.0 Å². The third kappa shape index (κ3) is 4.31. The first-order chi connectivity index (χ1) is 9.79. The number of nitrogens with one attached hydrogen (secondary N) is 1. The van der Waals surface area contributed by atoms with Crippen LogP contribution in [0.2, 0.25) is 0 Å². The van der Waals surface area contributed by atoms with Gasteiger partial charge in [0.15, 0.2) is 0 Å². The van der Waals surface area contributed by atoms with Crippen molar-refractivity contribution in [3.05, 3.63) is 48.4 Å². The fraction of sp³-hybridized carbons (Fsp3) is 0.167. The van der Waals surface area contributed by atoms with Gasteiger partial charge in [-0.25, -0.2) is 21.6 Å². The molecule has 2 rings (SSSR count). The molecule has 1 heterocycles. The van der Waals surface area contributed by atoms with E-state index in [1.165, 1.54) is 18.4 Å². The number of hydrogen-bond acceptors (Lipinski definition) is 5. The summed E-state index contributed by atoms with van der Waals surface area (Å²) in [5, 5.41) is 0. The summed E-state index contributed by atoms with van der Waals surface area (Å²) in [6, 6.07) is 8.12. The lowest BCUT2D eigenvalue weighted by Crippen LogP contribution is -2.25. The molecule has 0 radical (unpaired) electrons. The summed E-state index contributed by atoms with van der Waals surface area (Å²) in [6.45, 7) is 0.172. The van der Waals surface area contributed by atoms with E-state index in [1.807, 2.05) is 0 Å². The van der Waals surface area contributed by atoms with Crippen molar-refractivity contribution >= 4 is 29.8 Å². The molecule has 0 aliphatic carbocycles. The molecule has 1 aromatic carbocycles. The molecule has 21 heavy (non-hydrogen) atoms. The molecule has 1 N–H and O–H groups in total. The fourth-order valence-electron chi connectivity index (χ4n) is 1.63. The number of halogens is 1. The molecule has 0 amide bonds. The SMILES string of the molecule is O=S(=O)(Cl)c1ccc(S(=O)(=O)NCCc2ccco2)cc1. The van der Waals surface area contributed by atoms with Gasteiger partial charge in [0.1, 0.15) is 5.76 Å². The van der Waals surface area contributed by atoms with Crippen LogP contribution >= 0.6 is 10.7 Å². The molecule has 0 atom stereocenters. The lowest BCUT2D eigenvalue weighted by molar-refractivity contribution is 0.506. The summed E-state index contributed by atoms with van der Waals surface area (Å²) in [7, 11) is -2.41. The van der Waals surface area contributed by atoms with Gasteiger partial charge in [-0.15, -0.1) is 0 Å². The van der Waals surface area contributed by atoms with Crippen molar-refractivity contribution in [2.24, 2.45) is 0 Å². The molecule has 6 nitrogen and oxygen atoms in total. The monoisotopic (exact) mass is 349 g/mol. The first kappa shape index (κ1) is 16.0. The van der Waals surface area contributed by atoms with Crippen LogP contribution in [0.5, 0.6) is 0 Å². The Kier molecular flexibility index (Phi) is 4.72. The maximum atomic E-state index is 12.0. The number of rotatable bonds is 6. The summed E-state index contributed by atoms with van der Waals surface area (Å²) >= 11 is 0. The first-order valence-corrected chi connectivity index (χ1v) is 9.65. The van der Waals surface area contributed by atoms with Gasteiger partial charge in [0.25, 0.3) is 9.05 Å². The van der Waals surface area contributed by atoms with Crippen LogP contribution in [-0.4, -0.2) is 23.4 Å². The second-order valence-electron chi connectivity index (χ2n) is 4.14. The molecule has 0 fully saturated rings. The number of sulfonamides is 1. The number of furan rings is 1. The van der Waals surface area contributed by atoms with Crippen LogP contribution < -0.4 is 4.72 Å². The van der Waals surface area contributed by atoms with Gasteiger partial charge in [0, 0.05) is 23.6 Å². The lowest BCUT2D eigenvalue weighted by atomic mass is 10.3. The summed E-state index contributed by atoms with van der Waals surface area (Å²) in [6.07, 6.45) is 1.93. The van der Waals surface area contributed by atoms with E-state index in [9.17, 15) is 16.8 Å². The maximum absolute atomic E-state index is 12.0. The molecule has 114 valence electrons. The Hall–Kier alpha value is -1.35. The Morgan fingerprint density at radius 2 is 1.62 bits per heavy atom. The van der Waals surface area contributed by atoms with E-state index in [4.69, 9.17) is 15.1 Å². The standard InChI is InChI=1S/C12H12ClNO5S2/c13-20(15,16)11-3-5-12(6-4-11)21(17,18)14-8-7-10-2-1-9-19-10/h1-6,9,14H,7-8H2. The molecular formula is C12H12ClNO5S2. The van der Waals surface area contributed by atoms with Crippen molar-refractivity contribution in [2.75, 3.05) is 6.54 Å². The van der Waals surface area contributed by atoms with Gasteiger partial charge in [-0.3, -0.25) is 0 Å². The van der Waals surface area contributed by atoms with Gasteiger partial charge in [-0.2, -0.15) is 0 Å². The molecular weight excluding hydrogens is 338 g/mol. The molecule has 1 aromatic heterocycles. The van der Waals surface area contributed by atoms with Gasteiger partial charge >= 0.3 is 0 Å². The number of benzene rings is 1. The molecule has 0 saturated heterocycles. The van der Waals surface area contributed by atoms with Crippen LogP contribution in [0.15, 0.2) is 56.9 Å². The van der Waals surface area contributed by atoms with Crippen molar-refractivity contribution in [3.8, 4) is 0 Å². The number of hydrogen-bond donors (Lipinski definition) is 1. The highest BCUT2D eigenvalue weighted by Crippen LogP contribution is 2.17. The predicted octanol–water partition coefficient (Wildman–Crippen LogP) is 1.73. The van der Waals surface area contributed by atoms with Gasteiger partial charge in [-0.1, -0.05) is 0 Å². The zero-order valence-electron chi connectivity index (χ0n) is 10.7. The van der Waals surface area contributed by atoms with E-state index < -0.39 is 19.1 Å². The largest absolute Gasteiger partial charge is 0.469 e. The predicted molar refractivity (Wildman–Crippen MR) is 77.1 cm³/mol. The topological polar surface area (TPSA) is 93.5 Å². The van der Waals surface area contributed by atoms with Crippen LogP contribution in [-0.2, 0) is 25.5 Å². The van der Waals surface area contributed by atoms with Crippen LogP contribution in [0.1, 0.15) is 5.76 Å². The Labute approximate surface area is 127 Å². The minimum absolute atomic E-state index is 0.0361. The van der Waals surface area contributed by atoms with Gasteiger partial charge < -0.3 is 4.42 Å². The first-order valence-electron chi connectivity index (χ1n) is 5.86. The maximum Gasteiger partial charge on any atom is 0.261 e. The van der Waals surface area contributed by atoms with Crippen LogP contribution in [0.25, 0.3) is 0 Å². The van der Waals surface area contributed by atoms with E-state index in [0.29, 0.717) is 12.2 Å². The third-order valence-electron chi connectivity index (χ3n) is 2.66. The van der Waals surface area contributed by atoms with Crippen molar-refractivity contribution < 1.29 is 21.3 Å². The van der Waals surface area contributed by atoms with Crippen LogP contribution in [0.4, 0.5) is 0 Å². The fourth-order valence-corrected chi connectivity index (χ4v) is 3.43. The average Bonchev–Trinajstić information content (AvgIpc) is 2.91. The quantitative estimate of drug-likeness (QED) is 0.801. The van der Waals surface area contributed by atoms with Gasteiger partial charge in [-0.05, 0) is 36.4 Å². The molecule has 0 bridgehead atoms. The highest BCUT2D eigenvalue weighted by Gasteiger charge is 2.16. The average molecular weight is 350 g/mol. The summed E-state index contributed by atoms with van der Waals surface area (Å²) < 4.78 is 53.7. The molecule has 0 aliphatic rings. The summed E-state index contributed by atoms with van der Waals surface area (Å²) in [5.41, 5.74) is 0. The van der Waals surface area contributed by atoms with E-state index in [1.54, 1.807) is 12.1 Å². The summed E-state index contributed by atoms with van der Waals surface area (Å²) in [4.78, 5) is -0.190. The Balaban J connectivity index is 2.05. The Morgan fingerprint density at radius 1 is 1.00 bits per heavy atom. The Bertz CT molecular complexity index is 796. The highest BCUT2D eigenvalue weighted by molar-refractivity contribution is 8.13. The highest BCUT2D eigenvalue weighted by atomic mass is 35.7. The third-order valence-corrected chi connectivity index (χ3v) is 5.51. The van der Waals surface area contributed by atoms with E-state index in [0.717, 1.165) is 12.1 Å². The zero-order chi connectivity index (χ0) is 15.5. The molecule has 0 saturated carbocycles. The van der Waals surface area contributed by atoms with E-state index in [-0.39, 0.29) is 16.3 Å². The second-order valence-corrected chi connectivity index (χ2v) is 8.47. The van der Waals surface area contributed by atoms with E-state index >= 15 is 0 Å². The van der Waals surface area contributed by atoms with E-state index in [2.05, 4.69) is 4.72 Å². The van der Waals surface area contributed by atoms with Gasteiger partial charge in [0.05, 0.1) is 16.1 Å². The molecule has 9 heteroatoms. The van der Waals surface area contributed by atoms with Crippen LogP contribution in [0.3, 0.4) is 0 Å². The molecule has 0 unspecified atom stereocenters. The Morgan fingerprint density at radius 3 is 2.14 bits per heavy atom. The van der Waals surface area contributed by atoms with Crippen molar-refractivity contribution in [2.45, 2.75) is 16.2 Å². The zero-order valence-corrected chi connectivity index (χ0v) is 13.1. The minimum Gasteiger partial charge on any atom is -0.469 e. The smallest absolute Gasteiger partial charge is 0.261 e. The van der Waals surface area contributed by atoms with Crippen LogP contribution in [0, 0.1) is 0 Å². The van der Waals surface area contributed by atoms with Crippen molar-refractivity contribution in [1.29, 1.82) is 0 Å². The summed E-state index contributed by atoms with van der Waals surface area (Å²) in [5.74, 6) is 0.668. The molecule has 0 spiro atoms. The lowest BCUT2D eigenvalue weighted by Gasteiger charge is -2.06. The normalized spacial score (nSPS) is 12.4. The minimum atomic E-state index is -3.87. The second kappa shape index (κ2) is 6.18. The van der Waals surface area contributed by atoms with Crippen molar-refractivity contribution in [1.82, 2.24) is 4.72 Å². The van der Waals surface area contributed by atoms with Crippen molar-refractivity contribution in [3.63, 3.8) is 0 Å². The molecule has 0 aliphatic heterocycles. The molecule has 2 aromatic rings.